The maximum absolute atomic E-state index is 9.25. The monoisotopic (exact) mass is 244 g/mol. The first kappa shape index (κ1) is 10.6. The van der Waals surface area contributed by atoms with Crippen molar-refractivity contribution in [2.75, 3.05) is 31.2 Å². The van der Waals surface area contributed by atoms with Gasteiger partial charge in [-0.2, -0.15) is 5.26 Å². The predicted molar refractivity (Wildman–Crippen MR) is 69.6 cm³/mol. The van der Waals surface area contributed by atoms with Crippen LogP contribution in [-0.2, 0) is 4.74 Å². The number of benzene rings is 1. The first-order valence-corrected chi connectivity index (χ1v) is 6.46. The molecule has 1 aromatic carbocycles. The molecule has 2 aromatic rings. The van der Waals surface area contributed by atoms with E-state index in [1.807, 2.05) is 12.1 Å². The van der Waals surface area contributed by atoms with Crippen molar-refractivity contribution in [2.45, 2.75) is 0 Å². The highest BCUT2D eigenvalue weighted by Gasteiger charge is 2.19. The minimum absolute atomic E-state index is 0.745. The SMILES string of the molecule is N#Cc1sc2ccccc2c1N1CCOCC1. The molecule has 1 fully saturated rings. The third-order valence-electron chi connectivity index (χ3n) is 3.00. The number of morpholine rings is 1. The van der Waals surface area contributed by atoms with Crippen molar-refractivity contribution in [2.24, 2.45) is 0 Å². The van der Waals surface area contributed by atoms with E-state index in [-0.39, 0.29) is 0 Å². The van der Waals surface area contributed by atoms with E-state index in [0.717, 1.165) is 36.9 Å². The summed E-state index contributed by atoms with van der Waals surface area (Å²) < 4.78 is 6.55. The number of thiophene rings is 1. The van der Waals surface area contributed by atoms with Crippen LogP contribution in [0.4, 0.5) is 5.69 Å². The van der Waals surface area contributed by atoms with Crippen LogP contribution < -0.4 is 4.90 Å². The highest BCUT2D eigenvalue weighted by molar-refractivity contribution is 7.20. The van der Waals surface area contributed by atoms with E-state index < -0.39 is 0 Å². The lowest BCUT2D eigenvalue weighted by molar-refractivity contribution is 0.123. The first-order valence-electron chi connectivity index (χ1n) is 5.64. The van der Waals surface area contributed by atoms with Crippen molar-refractivity contribution < 1.29 is 4.74 Å². The van der Waals surface area contributed by atoms with Crippen LogP contribution in [-0.4, -0.2) is 26.3 Å². The number of rotatable bonds is 1. The molecule has 0 aliphatic carbocycles. The topological polar surface area (TPSA) is 36.3 Å². The summed E-state index contributed by atoms with van der Waals surface area (Å²) in [6.07, 6.45) is 0. The summed E-state index contributed by atoms with van der Waals surface area (Å²) in [7, 11) is 0. The molecule has 0 amide bonds. The van der Waals surface area contributed by atoms with E-state index in [1.165, 1.54) is 10.1 Å². The fourth-order valence-corrected chi connectivity index (χ4v) is 3.23. The van der Waals surface area contributed by atoms with Gasteiger partial charge in [0.05, 0.1) is 18.9 Å². The summed E-state index contributed by atoms with van der Waals surface area (Å²) in [5.41, 5.74) is 1.09. The van der Waals surface area contributed by atoms with Crippen LogP contribution in [0, 0.1) is 11.3 Å². The lowest BCUT2D eigenvalue weighted by Gasteiger charge is -2.28. The Kier molecular flexibility index (Phi) is 2.71. The molecule has 1 aromatic heterocycles. The van der Waals surface area contributed by atoms with Crippen LogP contribution in [0.5, 0.6) is 0 Å². The number of nitrogens with zero attached hydrogens (tertiary/aromatic N) is 2. The molecule has 0 saturated carbocycles. The Hall–Kier alpha value is -1.57. The van der Waals surface area contributed by atoms with Crippen molar-refractivity contribution in [1.82, 2.24) is 0 Å². The number of hydrogen-bond donors (Lipinski definition) is 0. The van der Waals surface area contributed by atoms with Crippen molar-refractivity contribution in [3.63, 3.8) is 0 Å². The third-order valence-corrected chi connectivity index (χ3v) is 4.06. The van der Waals surface area contributed by atoms with Crippen molar-refractivity contribution in [1.29, 1.82) is 5.26 Å². The Morgan fingerprint density at radius 3 is 2.76 bits per heavy atom. The minimum Gasteiger partial charge on any atom is -0.378 e. The van der Waals surface area contributed by atoms with Gasteiger partial charge in [-0.15, -0.1) is 11.3 Å². The summed E-state index contributed by atoms with van der Waals surface area (Å²) >= 11 is 1.57. The van der Waals surface area contributed by atoms with Gasteiger partial charge in [-0.1, -0.05) is 18.2 Å². The number of nitriles is 1. The molecule has 3 nitrogen and oxygen atoms in total. The van der Waals surface area contributed by atoms with Crippen LogP contribution in [0.2, 0.25) is 0 Å². The average Bonchev–Trinajstić information content (AvgIpc) is 2.78. The zero-order chi connectivity index (χ0) is 11.7. The number of hydrogen-bond acceptors (Lipinski definition) is 4. The van der Waals surface area contributed by atoms with Gasteiger partial charge >= 0.3 is 0 Å². The minimum atomic E-state index is 0.745. The van der Waals surface area contributed by atoms with Gasteiger partial charge in [0.25, 0.3) is 0 Å². The van der Waals surface area contributed by atoms with Crippen LogP contribution in [0.25, 0.3) is 10.1 Å². The van der Waals surface area contributed by atoms with Crippen LogP contribution >= 0.6 is 11.3 Å². The molecule has 3 rings (SSSR count). The standard InChI is InChI=1S/C13H12N2OS/c14-9-12-13(15-5-7-16-8-6-15)10-3-1-2-4-11(10)17-12/h1-4H,5-8H2. The normalized spacial score (nSPS) is 16.1. The second-order valence-corrected chi connectivity index (χ2v) is 5.04. The predicted octanol–water partition coefficient (Wildman–Crippen LogP) is 2.61. The van der Waals surface area contributed by atoms with Crippen molar-refractivity contribution in [3.8, 4) is 6.07 Å². The molecule has 0 atom stereocenters. The molecule has 1 aliphatic heterocycles. The Balaban J connectivity index is 2.15. The van der Waals surface area contributed by atoms with Gasteiger partial charge in [0, 0.05) is 23.2 Å². The second kappa shape index (κ2) is 4.36. The highest BCUT2D eigenvalue weighted by atomic mass is 32.1. The average molecular weight is 244 g/mol. The van der Waals surface area contributed by atoms with E-state index >= 15 is 0 Å². The molecule has 2 heterocycles. The zero-order valence-corrected chi connectivity index (χ0v) is 10.2. The lowest BCUT2D eigenvalue weighted by Crippen LogP contribution is -2.36. The van der Waals surface area contributed by atoms with Crippen LogP contribution in [0.15, 0.2) is 24.3 Å². The van der Waals surface area contributed by atoms with E-state index in [4.69, 9.17) is 4.74 Å². The maximum Gasteiger partial charge on any atom is 0.129 e. The second-order valence-electron chi connectivity index (χ2n) is 3.99. The van der Waals surface area contributed by atoms with Gasteiger partial charge in [0.2, 0.25) is 0 Å². The summed E-state index contributed by atoms with van der Waals surface area (Å²) in [4.78, 5) is 3.08. The van der Waals surface area contributed by atoms with E-state index in [9.17, 15) is 5.26 Å². The van der Waals surface area contributed by atoms with Gasteiger partial charge in [0.1, 0.15) is 10.9 Å². The molecule has 0 unspecified atom stereocenters. The van der Waals surface area contributed by atoms with E-state index in [2.05, 4.69) is 23.1 Å². The van der Waals surface area contributed by atoms with Gasteiger partial charge in [-0.05, 0) is 6.07 Å². The lowest BCUT2D eigenvalue weighted by atomic mass is 10.2. The Bertz CT molecular complexity index is 579. The summed E-state index contributed by atoms with van der Waals surface area (Å²) in [6, 6.07) is 10.5. The van der Waals surface area contributed by atoms with Gasteiger partial charge < -0.3 is 9.64 Å². The van der Waals surface area contributed by atoms with Gasteiger partial charge in [-0.3, -0.25) is 0 Å². The van der Waals surface area contributed by atoms with Crippen molar-refractivity contribution >= 4 is 27.1 Å². The first-order chi connectivity index (χ1) is 8.40. The molecule has 86 valence electrons. The molecule has 17 heavy (non-hydrogen) atoms. The molecular formula is C13H12N2OS. The van der Waals surface area contributed by atoms with Crippen LogP contribution in [0.3, 0.4) is 0 Å². The molecule has 0 N–H and O–H groups in total. The fourth-order valence-electron chi connectivity index (χ4n) is 2.21. The zero-order valence-electron chi connectivity index (χ0n) is 9.35. The van der Waals surface area contributed by atoms with Gasteiger partial charge in [-0.25, -0.2) is 0 Å². The number of ether oxygens (including phenoxy) is 1. The molecule has 4 heteroatoms. The Morgan fingerprint density at radius 2 is 2.00 bits per heavy atom. The molecular weight excluding hydrogens is 232 g/mol. The van der Waals surface area contributed by atoms with Gasteiger partial charge in [0.15, 0.2) is 0 Å². The molecule has 1 aliphatic rings. The third kappa shape index (κ3) is 1.78. The van der Waals surface area contributed by atoms with E-state index in [0.29, 0.717) is 0 Å². The molecule has 0 spiro atoms. The largest absolute Gasteiger partial charge is 0.378 e. The quantitative estimate of drug-likeness (QED) is 0.773. The summed E-state index contributed by atoms with van der Waals surface area (Å²) in [5.74, 6) is 0. The van der Waals surface area contributed by atoms with Crippen LogP contribution in [0.1, 0.15) is 4.88 Å². The smallest absolute Gasteiger partial charge is 0.129 e. The molecule has 0 radical (unpaired) electrons. The summed E-state index contributed by atoms with van der Waals surface area (Å²) in [5, 5.41) is 10.4. The van der Waals surface area contributed by atoms with E-state index in [1.54, 1.807) is 11.3 Å². The van der Waals surface area contributed by atoms with Crippen molar-refractivity contribution in [3.05, 3.63) is 29.1 Å². The maximum atomic E-state index is 9.25. The molecule has 0 bridgehead atoms. The highest BCUT2D eigenvalue weighted by Crippen LogP contribution is 2.37. The Labute approximate surface area is 104 Å². The number of fused-ring (bicyclic) bond motifs is 1. The Morgan fingerprint density at radius 1 is 1.24 bits per heavy atom. The number of anilines is 1. The fraction of sp³-hybridized carbons (Fsp3) is 0.308. The molecule has 1 saturated heterocycles. The summed E-state index contributed by atoms with van der Waals surface area (Å²) in [6.45, 7) is 3.23.